The zero-order valence-electron chi connectivity index (χ0n) is 16.4. The van der Waals surface area contributed by atoms with E-state index in [0.717, 1.165) is 58.3 Å². The Bertz CT molecular complexity index is 654. The van der Waals surface area contributed by atoms with Crippen LogP contribution in [0.15, 0.2) is 12.4 Å². The van der Waals surface area contributed by atoms with Crippen molar-refractivity contribution in [3.05, 3.63) is 18.0 Å². The van der Waals surface area contributed by atoms with Crippen molar-refractivity contribution < 1.29 is 9.59 Å². The Hall–Kier alpha value is -1.85. The first-order valence-corrected chi connectivity index (χ1v) is 10.1. The molecule has 2 amide bonds. The normalized spacial score (nSPS) is 23.9. The summed E-state index contributed by atoms with van der Waals surface area (Å²) >= 11 is 0. The second-order valence-electron chi connectivity index (χ2n) is 8.30. The molecule has 0 aromatic carbocycles. The van der Waals surface area contributed by atoms with Crippen LogP contribution in [0.25, 0.3) is 0 Å². The Morgan fingerprint density at radius 2 is 2.12 bits per heavy atom. The molecule has 6 heteroatoms. The zero-order chi connectivity index (χ0) is 18.7. The van der Waals surface area contributed by atoms with E-state index in [9.17, 15) is 9.59 Å². The molecule has 0 saturated carbocycles. The Morgan fingerprint density at radius 3 is 2.81 bits per heavy atom. The fourth-order valence-corrected chi connectivity index (χ4v) is 4.28. The lowest BCUT2D eigenvalue weighted by Crippen LogP contribution is -2.55. The average Bonchev–Trinajstić information content (AvgIpc) is 3.13. The number of carbonyl (C=O) groups is 2. The summed E-state index contributed by atoms with van der Waals surface area (Å²) in [5.41, 5.74) is 0.745. The van der Waals surface area contributed by atoms with Crippen LogP contribution in [0.3, 0.4) is 0 Å². The van der Waals surface area contributed by atoms with Crippen LogP contribution in [0, 0.1) is 5.41 Å². The highest BCUT2D eigenvalue weighted by Gasteiger charge is 2.42. The summed E-state index contributed by atoms with van der Waals surface area (Å²) in [5.74, 6) is 0.360. The number of nitrogens with zero attached hydrogens (tertiary/aromatic N) is 4. The number of hydrogen-bond acceptors (Lipinski definition) is 3. The first-order chi connectivity index (χ1) is 12.4. The standard InChI is InChI=1S/C20H32N4O2/c1-4-5-10-22-14-20(9-7-18(22)25)8-6-11-23(15-20)19(26)17-12-21-24(13-17)16(2)3/h12-13,16H,4-11,14-15H2,1-3H3. The van der Waals surface area contributed by atoms with Crippen molar-refractivity contribution in [2.75, 3.05) is 26.2 Å². The largest absolute Gasteiger partial charge is 0.342 e. The molecule has 1 atom stereocenters. The van der Waals surface area contributed by atoms with Gasteiger partial charge in [0.1, 0.15) is 0 Å². The molecular weight excluding hydrogens is 328 g/mol. The van der Waals surface area contributed by atoms with Gasteiger partial charge in [-0.1, -0.05) is 13.3 Å². The van der Waals surface area contributed by atoms with Gasteiger partial charge < -0.3 is 9.80 Å². The third kappa shape index (κ3) is 3.94. The summed E-state index contributed by atoms with van der Waals surface area (Å²) in [6.07, 6.45) is 9.34. The summed E-state index contributed by atoms with van der Waals surface area (Å²) in [5, 5.41) is 4.31. The van der Waals surface area contributed by atoms with E-state index in [2.05, 4.69) is 25.9 Å². The second-order valence-corrected chi connectivity index (χ2v) is 8.30. The number of amides is 2. The van der Waals surface area contributed by atoms with Crippen molar-refractivity contribution in [1.29, 1.82) is 0 Å². The summed E-state index contributed by atoms with van der Waals surface area (Å²) in [4.78, 5) is 29.3. The fraction of sp³-hybridized carbons (Fsp3) is 0.750. The molecule has 6 nitrogen and oxygen atoms in total. The van der Waals surface area contributed by atoms with Gasteiger partial charge in [0.05, 0.1) is 11.8 Å². The van der Waals surface area contributed by atoms with Crippen LogP contribution < -0.4 is 0 Å². The highest BCUT2D eigenvalue weighted by Crippen LogP contribution is 2.39. The Kier molecular flexibility index (Phi) is 5.68. The van der Waals surface area contributed by atoms with Gasteiger partial charge in [-0.2, -0.15) is 5.10 Å². The molecule has 2 saturated heterocycles. The highest BCUT2D eigenvalue weighted by atomic mass is 16.2. The maximum Gasteiger partial charge on any atom is 0.257 e. The van der Waals surface area contributed by atoms with Crippen molar-refractivity contribution in [3.8, 4) is 0 Å². The van der Waals surface area contributed by atoms with E-state index < -0.39 is 0 Å². The van der Waals surface area contributed by atoms with Gasteiger partial charge in [0, 0.05) is 50.3 Å². The molecule has 1 spiro atoms. The van der Waals surface area contributed by atoms with Gasteiger partial charge in [-0.25, -0.2) is 0 Å². The lowest BCUT2D eigenvalue weighted by Gasteiger charge is -2.48. The van der Waals surface area contributed by atoms with Gasteiger partial charge in [0.2, 0.25) is 5.91 Å². The maximum atomic E-state index is 13.0. The molecule has 26 heavy (non-hydrogen) atoms. The van der Waals surface area contributed by atoms with Crippen LogP contribution >= 0.6 is 0 Å². The molecule has 2 aliphatic rings. The van der Waals surface area contributed by atoms with E-state index in [1.165, 1.54) is 0 Å². The van der Waals surface area contributed by atoms with Crippen LogP contribution in [0.2, 0.25) is 0 Å². The third-order valence-corrected chi connectivity index (χ3v) is 5.86. The lowest BCUT2D eigenvalue weighted by molar-refractivity contribution is -0.139. The van der Waals surface area contributed by atoms with E-state index in [1.807, 2.05) is 20.7 Å². The topological polar surface area (TPSA) is 58.4 Å². The van der Waals surface area contributed by atoms with E-state index in [0.29, 0.717) is 12.0 Å². The maximum absolute atomic E-state index is 13.0. The van der Waals surface area contributed by atoms with Gasteiger partial charge in [-0.3, -0.25) is 14.3 Å². The molecule has 1 aromatic heterocycles. The van der Waals surface area contributed by atoms with Crippen molar-refractivity contribution in [2.24, 2.45) is 5.41 Å². The van der Waals surface area contributed by atoms with Crippen LogP contribution in [0.5, 0.6) is 0 Å². The SMILES string of the molecule is CCCCN1CC2(CCCN(C(=O)c3cnn(C(C)C)c3)C2)CCC1=O. The summed E-state index contributed by atoms with van der Waals surface area (Å²) in [7, 11) is 0. The summed E-state index contributed by atoms with van der Waals surface area (Å²) in [6, 6.07) is 0.251. The number of carbonyl (C=O) groups excluding carboxylic acids is 2. The molecule has 2 aliphatic heterocycles. The van der Waals surface area contributed by atoms with E-state index in [-0.39, 0.29) is 23.3 Å². The van der Waals surface area contributed by atoms with Crippen molar-refractivity contribution in [1.82, 2.24) is 19.6 Å². The average molecular weight is 361 g/mol. The quantitative estimate of drug-likeness (QED) is 0.811. The van der Waals surface area contributed by atoms with Crippen LogP contribution in [0.1, 0.15) is 75.7 Å². The van der Waals surface area contributed by atoms with Crippen molar-refractivity contribution >= 4 is 11.8 Å². The first kappa shape index (κ1) is 18.9. The Balaban J connectivity index is 1.69. The minimum Gasteiger partial charge on any atom is -0.342 e. The van der Waals surface area contributed by atoms with E-state index >= 15 is 0 Å². The predicted octanol–water partition coefficient (Wildman–Crippen LogP) is 3.11. The van der Waals surface area contributed by atoms with E-state index in [4.69, 9.17) is 0 Å². The number of aromatic nitrogens is 2. The van der Waals surface area contributed by atoms with Gasteiger partial charge in [0.25, 0.3) is 5.91 Å². The fourth-order valence-electron chi connectivity index (χ4n) is 4.28. The molecule has 1 aromatic rings. The first-order valence-electron chi connectivity index (χ1n) is 10.1. The number of unbranched alkanes of at least 4 members (excludes halogenated alkanes) is 1. The summed E-state index contributed by atoms with van der Waals surface area (Å²) in [6.45, 7) is 9.49. The lowest BCUT2D eigenvalue weighted by atomic mass is 9.73. The van der Waals surface area contributed by atoms with Gasteiger partial charge in [-0.15, -0.1) is 0 Å². The number of hydrogen-bond donors (Lipinski definition) is 0. The molecule has 3 heterocycles. The number of piperidine rings is 2. The number of likely N-dealkylation sites (tertiary alicyclic amines) is 2. The monoisotopic (exact) mass is 360 g/mol. The van der Waals surface area contributed by atoms with Crippen molar-refractivity contribution in [3.63, 3.8) is 0 Å². The van der Waals surface area contributed by atoms with Crippen LogP contribution in [-0.2, 0) is 4.79 Å². The van der Waals surface area contributed by atoms with Gasteiger partial charge >= 0.3 is 0 Å². The molecule has 0 radical (unpaired) electrons. The van der Waals surface area contributed by atoms with Crippen LogP contribution in [0.4, 0.5) is 0 Å². The van der Waals surface area contributed by atoms with Gasteiger partial charge in [0.15, 0.2) is 0 Å². The molecule has 2 fully saturated rings. The van der Waals surface area contributed by atoms with Gasteiger partial charge in [-0.05, 0) is 39.5 Å². The smallest absolute Gasteiger partial charge is 0.257 e. The summed E-state index contributed by atoms with van der Waals surface area (Å²) < 4.78 is 1.83. The number of rotatable bonds is 5. The zero-order valence-corrected chi connectivity index (χ0v) is 16.4. The molecule has 3 rings (SSSR count). The van der Waals surface area contributed by atoms with E-state index in [1.54, 1.807) is 6.20 Å². The minimum atomic E-state index is 0.0730. The molecule has 0 aliphatic carbocycles. The molecule has 0 N–H and O–H groups in total. The molecular formula is C20H32N4O2. The highest BCUT2D eigenvalue weighted by molar-refractivity contribution is 5.93. The second kappa shape index (κ2) is 7.80. The van der Waals surface area contributed by atoms with Crippen LogP contribution in [-0.4, -0.2) is 57.6 Å². The molecule has 0 bridgehead atoms. The Morgan fingerprint density at radius 1 is 1.31 bits per heavy atom. The third-order valence-electron chi connectivity index (χ3n) is 5.86. The van der Waals surface area contributed by atoms with Crippen molar-refractivity contribution in [2.45, 2.75) is 65.3 Å². The minimum absolute atomic E-state index is 0.0730. The molecule has 144 valence electrons. The Labute approximate surface area is 156 Å². The molecule has 1 unspecified atom stereocenters. The predicted molar refractivity (Wildman–Crippen MR) is 101 cm³/mol.